The van der Waals surface area contributed by atoms with E-state index >= 15 is 0 Å². The molecule has 1 saturated carbocycles. The standard InChI is InChI=1S/C14H20O3/c1-4-17-12-8-14(15,9-12)13-6-5-11(16-3)7-10(13)2/h5-7,12,15H,4,8-9H2,1-3H3. The average Bonchev–Trinajstić information content (AvgIpc) is 2.26. The SMILES string of the molecule is CCOC1CC(O)(c2ccc(OC)cc2C)C1. The molecule has 2 rings (SSSR count). The number of hydrogen-bond donors (Lipinski definition) is 1. The van der Waals surface area contributed by atoms with Crippen LogP contribution < -0.4 is 4.74 Å². The molecule has 0 bridgehead atoms. The zero-order valence-corrected chi connectivity index (χ0v) is 10.7. The highest BCUT2D eigenvalue weighted by Gasteiger charge is 2.45. The number of ether oxygens (including phenoxy) is 2. The Kier molecular flexibility index (Phi) is 3.40. The minimum atomic E-state index is -0.712. The molecule has 1 aliphatic carbocycles. The van der Waals surface area contributed by atoms with Crippen LogP contribution in [0.5, 0.6) is 5.75 Å². The molecule has 0 spiro atoms. The van der Waals surface area contributed by atoms with Crippen molar-refractivity contribution in [3.8, 4) is 5.75 Å². The van der Waals surface area contributed by atoms with Crippen LogP contribution in [0, 0.1) is 6.92 Å². The summed E-state index contributed by atoms with van der Waals surface area (Å²) in [6.07, 6.45) is 1.58. The minimum Gasteiger partial charge on any atom is -0.497 e. The summed E-state index contributed by atoms with van der Waals surface area (Å²) in [4.78, 5) is 0. The van der Waals surface area contributed by atoms with Crippen molar-refractivity contribution in [3.05, 3.63) is 29.3 Å². The van der Waals surface area contributed by atoms with Gasteiger partial charge in [-0.1, -0.05) is 6.07 Å². The van der Waals surface area contributed by atoms with Gasteiger partial charge in [0.15, 0.2) is 0 Å². The first-order valence-electron chi connectivity index (χ1n) is 6.08. The second-order valence-corrected chi connectivity index (χ2v) is 4.70. The molecule has 0 heterocycles. The molecule has 1 aromatic rings. The number of aliphatic hydroxyl groups is 1. The molecule has 0 atom stereocenters. The van der Waals surface area contributed by atoms with Crippen molar-refractivity contribution in [1.29, 1.82) is 0 Å². The van der Waals surface area contributed by atoms with E-state index in [9.17, 15) is 5.11 Å². The van der Waals surface area contributed by atoms with E-state index in [2.05, 4.69) is 0 Å². The molecular formula is C14H20O3. The van der Waals surface area contributed by atoms with Crippen molar-refractivity contribution in [2.75, 3.05) is 13.7 Å². The lowest BCUT2D eigenvalue weighted by molar-refractivity contribution is -0.143. The molecule has 1 aliphatic rings. The van der Waals surface area contributed by atoms with Gasteiger partial charge in [0.25, 0.3) is 0 Å². The molecule has 3 heteroatoms. The molecular weight excluding hydrogens is 216 g/mol. The topological polar surface area (TPSA) is 38.7 Å². The highest BCUT2D eigenvalue weighted by Crippen LogP contribution is 2.44. The molecule has 0 saturated heterocycles. The predicted molar refractivity (Wildman–Crippen MR) is 66.3 cm³/mol. The van der Waals surface area contributed by atoms with Gasteiger partial charge in [0.2, 0.25) is 0 Å². The molecule has 1 aromatic carbocycles. The van der Waals surface area contributed by atoms with Gasteiger partial charge in [-0.15, -0.1) is 0 Å². The van der Waals surface area contributed by atoms with Crippen molar-refractivity contribution < 1.29 is 14.6 Å². The number of hydrogen-bond acceptors (Lipinski definition) is 3. The van der Waals surface area contributed by atoms with Crippen LogP contribution in [0.3, 0.4) is 0 Å². The van der Waals surface area contributed by atoms with Crippen molar-refractivity contribution in [2.45, 2.75) is 38.4 Å². The Labute approximate surface area is 102 Å². The van der Waals surface area contributed by atoms with Crippen LogP contribution in [0.15, 0.2) is 18.2 Å². The highest BCUT2D eigenvalue weighted by atomic mass is 16.5. The fraction of sp³-hybridized carbons (Fsp3) is 0.571. The first-order valence-corrected chi connectivity index (χ1v) is 6.08. The fourth-order valence-electron chi connectivity index (χ4n) is 2.55. The van der Waals surface area contributed by atoms with Crippen LogP contribution >= 0.6 is 0 Å². The smallest absolute Gasteiger partial charge is 0.119 e. The van der Waals surface area contributed by atoms with Crippen LogP contribution in [0.2, 0.25) is 0 Å². The third-order valence-corrected chi connectivity index (χ3v) is 3.47. The van der Waals surface area contributed by atoms with Gasteiger partial charge in [-0.05, 0) is 37.1 Å². The quantitative estimate of drug-likeness (QED) is 0.872. The van der Waals surface area contributed by atoms with E-state index in [4.69, 9.17) is 9.47 Å². The summed E-state index contributed by atoms with van der Waals surface area (Å²) >= 11 is 0. The maximum absolute atomic E-state index is 10.5. The van der Waals surface area contributed by atoms with Crippen LogP contribution in [0.25, 0.3) is 0 Å². The molecule has 1 N–H and O–H groups in total. The van der Waals surface area contributed by atoms with Crippen LogP contribution in [-0.2, 0) is 10.3 Å². The maximum Gasteiger partial charge on any atom is 0.119 e. The second-order valence-electron chi connectivity index (χ2n) is 4.70. The second kappa shape index (κ2) is 4.67. The zero-order chi connectivity index (χ0) is 12.5. The lowest BCUT2D eigenvalue weighted by Crippen LogP contribution is -2.46. The number of benzene rings is 1. The summed E-state index contributed by atoms with van der Waals surface area (Å²) in [6, 6.07) is 5.81. The van der Waals surface area contributed by atoms with Crippen molar-refractivity contribution in [1.82, 2.24) is 0 Å². The Morgan fingerprint density at radius 1 is 1.41 bits per heavy atom. The predicted octanol–water partition coefficient (Wildman–Crippen LogP) is 2.39. The van der Waals surface area contributed by atoms with Gasteiger partial charge >= 0.3 is 0 Å². The lowest BCUT2D eigenvalue weighted by Gasteiger charge is -2.44. The Hall–Kier alpha value is -1.06. The monoisotopic (exact) mass is 236 g/mol. The molecule has 3 nitrogen and oxygen atoms in total. The summed E-state index contributed by atoms with van der Waals surface area (Å²) < 4.78 is 10.7. The van der Waals surface area contributed by atoms with E-state index in [1.807, 2.05) is 32.0 Å². The average molecular weight is 236 g/mol. The molecule has 1 fully saturated rings. The van der Waals surface area contributed by atoms with Crippen molar-refractivity contribution >= 4 is 0 Å². The highest BCUT2D eigenvalue weighted by molar-refractivity contribution is 5.39. The molecule has 0 amide bonds. The lowest BCUT2D eigenvalue weighted by atomic mass is 9.71. The Balaban J connectivity index is 2.13. The van der Waals surface area contributed by atoms with E-state index < -0.39 is 5.60 Å². The summed E-state index contributed by atoms with van der Waals surface area (Å²) in [7, 11) is 1.65. The van der Waals surface area contributed by atoms with Gasteiger partial charge in [0, 0.05) is 19.4 Å². The summed E-state index contributed by atoms with van der Waals surface area (Å²) in [5.74, 6) is 0.829. The molecule has 0 aliphatic heterocycles. The Bertz CT molecular complexity index is 394. The third kappa shape index (κ3) is 2.31. The van der Waals surface area contributed by atoms with Crippen LogP contribution in [-0.4, -0.2) is 24.9 Å². The fourth-order valence-corrected chi connectivity index (χ4v) is 2.55. The summed E-state index contributed by atoms with van der Waals surface area (Å²) in [5, 5.41) is 10.5. The van der Waals surface area contributed by atoms with Crippen molar-refractivity contribution in [3.63, 3.8) is 0 Å². The van der Waals surface area contributed by atoms with Gasteiger partial charge in [-0.2, -0.15) is 0 Å². The Morgan fingerprint density at radius 2 is 2.12 bits per heavy atom. The first-order chi connectivity index (χ1) is 8.09. The summed E-state index contributed by atoms with van der Waals surface area (Å²) in [5.41, 5.74) is 1.35. The molecule has 17 heavy (non-hydrogen) atoms. The van der Waals surface area contributed by atoms with E-state index in [-0.39, 0.29) is 6.10 Å². The number of aryl methyl sites for hydroxylation is 1. The van der Waals surface area contributed by atoms with E-state index in [1.54, 1.807) is 7.11 Å². The molecule has 0 unspecified atom stereocenters. The number of methoxy groups -OCH3 is 1. The van der Waals surface area contributed by atoms with E-state index in [0.29, 0.717) is 19.4 Å². The first kappa shape index (κ1) is 12.4. The number of rotatable bonds is 4. The third-order valence-electron chi connectivity index (χ3n) is 3.47. The van der Waals surface area contributed by atoms with E-state index in [1.165, 1.54) is 0 Å². The van der Waals surface area contributed by atoms with Gasteiger partial charge in [-0.25, -0.2) is 0 Å². The van der Waals surface area contributed by atoms with Gasteiger partial charge < -0.3 is 14.6 Å². The Morgan fingerprint density at radius 3 is 2.65 bits per heavy atom. The molecule has 0 radical (unpaired) electrons. The summed E-state index contributed by atoms with van der Waals surface area (Å²) in [6.45, 7) is 4.70. The zero-order valence-electron chi connectivity index (χ0n) is 10.7. The normalized spacial score (nSPS) is 27.6. The van der Waals surface area contributed by atoms with Crippen LogP contribution in [0.4, 0.5) is 0 Å². The van der Waals surface area contributed by atoms with Gasteiger partial charge in [0.05, 0.1) is 18.8 Å². The largest absolute Gasteiger partial charge is 0.497 e. The van der Waals surface area contributed by atoms with Crippen molar-refractivity contribution in [2.24, 2.45) is 0 Å². The van der Waals surface area contributed by atoms with Crippen LogP contribution in [0.1, 0.15) is 30.9 Å². The van der Waals surface area contributed by atoms with Gasteiger partial charge in [0.1, 0.15) is 5.75 Å². The van der Waals surface area contributed by atoms with Gasteiger partial charge in [-0.3, -0.25) is 0 Å². The molecule has 0 aromatic heterocycles. The minimum absolute atomic E-state index is 0.200. The molecule has 94 valence electrons. The maximum atomic E-state index is 10.5. The van der Waals surface area contributed by atoms with E-state index in [0.717, 1.165) is 16.9 Å².